The van der Waals surface area contributed by atoms with Crippen molar-refractivity contribution in [2.24, 2.45) is 7.05 Å². The van der Waals surface area contributed by atoms with Crippen molar-refractivity contribution in [3.05, 3.63) is 77.0 Å². The first-order chi connectivity index (χ1) is 15.0. The van der Waals surface area contributed by atoms with E-state index in [1.165, 1.54) is 0 Å². The zero-order valence-electron chi connectivity index (χ0n) is 17.5. The van der Waals surface area contributed by atoms with E-state index < -0.39 is 11.9 Å². The maximum absolute atomic E-state index is 13.6. The molecule has 2 aromatic carbocycles. The van der Waals surface area contributed by atoms with Crippen LogP contribution < -0.4 is 0 Å². The Hall–Kier alpha value is -3.87. The Morgan fingerprint density at radius 3 is 1.94 bits per heavy atom. The van der Waals surface area contributed by atoms with Gasteiger partial charge in [-0.3, -0.25) is 9.20 Å². The van der Waals surface area contributed by atoms with Crippen LogP contribution >= 0.6 is 0 Å². The summed E-state index contributed by atoms with van der Waals surface area (Å²) in [6.45, 7) is 3.59. The summed E-state index contributed by atoms with van der Waals surface area (Å²) in [5, 5.41) is 0. The van der Waals surface area contributed by atoms with Crippen LogP contribution in [0, 0.1) is 0 Å². The monoisotopic (exact) mass is 418 g/mol. The molecule has 31 heavy (non-hydrogen) atoms. The highest BCUT2D eigenvalue weighted by atomic mass is 16.5. The van der Waals surface area contributed by atoms with Crippen molar-refractivity contribution in [2.45, 2.75) is 13.8 Å². The molecule has 2 aromatic heterocycles. The van der Waals surface area contributed by atoms with Crippen molar-refractivity contribution in [1.82, 2.24) is 8.97 Å². The second kappa shape index (κ2) is 8.10. The number of esters is 2. The number of rotatable bonds is 6. The van der Waals surface area contributed by atoms with E-state index in [9.17, 15) is 14.4 Å². The van der Waals surface area contributed by atoms with Gasteiger partial charge in [-0.05, 0) is 26.0 Å². The number of carbonyl (C=O) groups is 3. The van der Waals surface area contributed by atoms with Crippen molar-refractivity contribution < 1.29 is 23.9 Å². The van der Waals surface area contributed by atoms with Gasteiger partial charge < -0.3 is 14.0 Å². The second-order valence-corrected chi connectivity index (χ2v) is 6.94. The maximum Gasteiger partial charge on any atom is 0.342 e. The molecule has 0 fully saturated rings. The second-order valence-electron chi connectivity index (χ2n) is 6.94. The molecular formula is C24H22N2O5. The molecule has 4 rings (SSSR count). The summed E-state index contributed by atoms with van der Waals surface area (Å²) in [6, 6.07) is 16.1. The molecular weight excluding hydrogens is 396 g/mol. The fraction of sp³-hybridized carbons (Fsp3) is 0.208. The smallest absolute Gasteiger partial charge is 0.342 e. The number of benzene rings is 2. The number of aromatic nitrogens is 2. The third-order valence-corrected chi connectivity index (χ3v) is 5.16. The van der Waals surface area contributed by atoms with Crippen LogP contribution in [0.15, 0.2) is 54.6 Å². The molecule has 4 aromatic rings. The van der Waals surface area contributed by atoms with Gasteiger partial charge in [0.25, 0.3) is 0 Å². The summed E-state index contributed by atoms with van der Waals surface area (Å²) in [6.07, 6.45) is 0. The number of imidazole rings is 1. The van der Waals surface area contributed by atoms with Crippen LogP contribution in [0.1, 0.15) is 50.6 Å². The van der Waals surface area contributed by atoms with E-state index in [-0.39, 0.29) is 35.8 Å². The molecule has 0 radical (unpaired) electrons. The van der Waals surface area contributed by atoms with Crippen LogP contribution in [0.25, 0.3) is 16.7 Å². The van der Waals surface area contributed by atoms with Gasteiger partial charge in [0.15, 0.2) is 0 Å². The lowest BCUT2D eigenvalue weighted by Crippen LogP contribution is -2.17. The Morgan fingerprint density at radius 1 is 0.774 bits per heavy atom. The zero-order chi connectivity index (χ0) is 22.1. The van der Waals surface area contributed by atoms with E-state index in [1.807, 2.05) is 24.3 Å². The normalized spacial score (nSPS) is 11.1. The lowest BCUT2D eigenvalue weighted by Gasteiger charge is -2.08. The molecule has 0 amide bonds. The van der Waals surface area contributed by atoms with E-state index in [0.717, 1.165) is 5.52 Å². The predicted molar refractivity (Wildman–Crippen MR) is 116 cm³/mol. The number of para-hydroxylation sites is 2. The van der Waals surface area contributed by atoms with Crippen molar-refractivity contribution in [3.8, 4) is 0 Å². The third kappa shape index (κ3) is 3.18. The highest BCUT2D eigenvalue weighted by molar-refractivity contribution is 6.20. The number of ether oxygens (including phenoxy) is 2. The van der Waals surface area contributed by atoms with E-state index in [0.29, 0.717) is 16.7 Å². The number of hydrogen-bond donors (Lipinski definition) is 0. The first-order valence-electron chi connectivity index (χ1n) is 10.1. The Labute approximate surface area is 178 Å². The number of aryl methyl sites for hydroxylation is 1. The van der Waals surface area contributed by atoms with E-state index >= 15 is 0 Å². The van der Waals surface area contributed by atoms with Gasteiger partial charge in [-0.2, -0.15) is 0 Å². The van der Waals surface area contributed by atoms with Crippen molar-refractivity contribution >= 4 is 34.4 Å². The summed E-state index contributed by atoms with van der Waals surface area (Å²) in [7, 11) is 1.78. The van der Waals surface area contributed by atoms with Crippen molar-refractivity contribution in [1.29, 1.82) is 0 Å². The predicted octanol–water partition coefficient (Wildman–Crippen LogP) is 4.02. The topological polar surface area (TPSA) is 79.0 Å². The average Bonchev–Trinajstić information content (AvgIpc) is 3.28. The number of hydrogen-bond acceptors (Lipinski definition) is 5. The highest BCUT2D eigenvalue weighted by Crippen LogP contribution is 2.33. The number of nitrogens with zero attached hydrogens (tertiary/aromatic N) is 2. The van der Waals surface area contributed by atoms with Crippen LogP contribution in [0.3, 0.4) is 0 Å². The quantitative estimate of drug-likeness (QED) is 0.349. The lowest BCUT2D eigenvalue weighted by molar-refractivity contribution is 0.0480. The fourth-order valence-electron chi connectivity index (χ4n) is 3.90. The molecule has 0 aliphatic heterocycles. The van der Waals surface area contributed by atoms with Gasteiger partial charge in [0.2, 0.25) is 5.78 Å². The molecule has 158 valence electrons. The van der Waals surface area contributed by atoms with E-state index in [1.54, 1.807) is 60.2 Å². The minimum atomic E-state index is -0.738. The Morgan fingerprint density at radius 2 is 1.32 bits per heavy atom. The molecule has 0 N–H and O–H groups in total. The summed E-state index contributed by atoms with van der Waals surface area (Å²) in [5.74, 6) is -1.80. The molecule has 7 heteroatoms. The largest absolute Gasteiger partial charge is 0.462 e. The van der Waals surface area contributed by atoms with Crippen molar-refractivity contribution in [2.75, 3.05) is 13.2 Å². The summed E-state index contributed by atoms with van der Waals surface area (Å²) in [4.78, 5) is 39.7. The van der Waals surface area contributed by atoms with E-state index in [2.05, 4.69) is 0 Å². The van der Waals surface area contributed by atoms with Crippen LogP contribution in [-0.4, -0.2) is 39.9 Å². The maximum atomic E-state index is 13.6. The molecule has 0 aliphatic rings. The van der Waals surface area contributed by atoms with Gasteiger partial charge in [-0.25, -0.2) is 9.59 Å². The standard InChI is InChI=1S/C24H22N2O5/c1-4-30-23(28)18-19(24(29)31-5-2)22-25(3)16-13-9-10-14-17(16)26(22)20(18)21(27)15-11-7-6-8-12-15/h6-14H,4-5H2,1-3H3. The molecule has 0 atom stereocenters. The van der Waals surface area contributed by atoms with Gasteiger partial charge in [0, 0.05) is 12.6 Å². The molecule has 0 unspecified atom stereocenters. The summed E-state index contributed by atoms with van der Waals surface area (Å²) < 4.78 is 14.0. The molecule has 0 bridgehead atoms. The highest BCUT2D eigenvalue weighted by Gasteiger charge is 2.36. The third-order valence-electron chi connectivity index (χ3n) is 5.16. The van der Waals surface area contributed by atoms with Crippen LogP contribution in [0.5, 0.6) is 0 Å². The Bertz CT molecular complexity index is 1310. The summed E-state index contributed by atoms with van der Waals surface area (Å²) >= 11 is 0. The van der Waals surface area contributed by atoms with Crippen LogP contribution in [0.4, 0.5) is 0 Å². The SMILES string of the molecule is CCOC(=O)c1c(C(=O)OCC)c2n(C)c3ccccc3n2c1C(=O)c1ccccc1. The Kier molecular flexibility index (Phi) is 5.33. The van der Waals surface area contributed by atoms with Crippen LogP contribution in [-0.2, 0) is 16.5 Å². The number of fused-ring (bicyclic) bond motifs is 3. The molecule has 2 heterocycles. The van der Waals surface area contributed by atoms with Crippen LogP contribution in [0.2, 0.25) is 0 Å². The van der Waals surface area contributed by atoms with Gasteiger partial charge >= 0.3 is 11.9 Å². The zero-order valence-corrected chi connectivity index (χ0v) is 17.5. The number of ketones is 1. The number of carbonyl (C=O) groups excluding carboxylic acids is 3. The van der Waals surface area contributed by atoms with Gasteiger partial charge in [0.05, 0.1) is 24.2 Å². The average molecular weight is 418 g/mol. The minimum absolute atomic E-state index is 0.0262. The minimum Gasteiger partial charge on any atom is -0.462 e. The molecule has 0 saturated carbocycles. The van der Waals surface area contributed by atoms with Gasteiger partial charge in [-0.1, -0.05) is 42.5 Å². The molecule has 0 saturated heterocycles. The lowest BCUT2D eigenvalue weighted by atomic mass is 10.0. The van der Waals surface area contributed by atoms with Gasteiger partial charge in [-0.15, -0.1) is 0 Å². The van der Waals surface area contributed by atoms with E-state index in [4.69, 9.17) is 9.47 Å². The first-order valence-corrected chi connectivity index (χ1v) is 10.1. The van der Waals surface area contributed by atoms with Gasteiger partial charge in [0.1, 0.15) is 22.5 Å². The molecule has 7 nitrogen and oxygen atoms in total. The van der Waals surface area contributed by atoms with Crippen molar-refractivity contribution in [3.63, 3.8) is 0 Å². The first kappa shape index (κ1) is 20.4. The fourth-order valence-corrected chi connectivity index (χ4v) is 3.90. The summed E-state index contributed by atoms with van der Waals surface area (Å²) in [5.41, 5.74) is 2.34. The Balaban J connectivity index is 2.18. The molecule has 0 spiro atoms. The molecule has 0 aliphatic carbocycles.